The lowest BCUT2D eigenvalue weighted by Gasteiger charge is -2.23. The molecule has 1 rings (SSSR count). The fraction of sp³-hybridized carbons (Fsp3) is 0.588. The summed E-state index contributed by atoms with van der Waals surface area (Å²) in [6.07, 6.45) is 0. The molecule has 20 heavy (non-hydrogen) atoms. The zero-order valence-corrected chi connectivity index (χ0v) is 13.8. The number of amides is 1. The molecule has 1 aromatic carbocycles. The number of carbonyl (C=O) groups excluding carboxylic acids is 1. The summed E-state index contributed by atoms with van der Waals surface area (Å²) < 4.78 is 0. The van der Waals surface area contributed by atoms with Crippen molar-refractivity contribution >= 4 is 5.91 Å². The van der Waals surface area contributed by atoms with Gasteiger partial charge in [-0.15, -0.1) is 0 Å². The highest BCUT2D eigenvalue weighted by Gasteiger charge is 2.21. The minimum absolute atomic E-state index is 0.0484. The summed E-state index contributed by atoms with van der Waals surface area (Å²) in [5.41, 5.74) is 6.19. The molecule has 0 atom stereocenters. The molecule has 0 aliphatic carbocycles. The second-order valence-corrected chi connectivity index (χ2v) is 6.51. The van der Waals surface area contributed by atoms with Crippen LogP contribution in [0, 0.1) is 40.0 Å². The van der Waals surface area contributed by atoms with Crippen LogP contribution in [0.3, 0.4) is 0 Å². The van der Waals surface area contributed by atoms with Crippen LogP contribution < -0.4 is 5.32 Å². The van der Waals surface area contributed by atoms with Crippen LogP contribution in [-0.2, 0) is 0 Å². The molecular weight excluding hydrogens is 250 g/mol. The third-order valence-corrected chi connectivity index (χ3v) is 4.38. The Balaban J connectivity index is 3.12. The third-order valence-electron chi connectivity index (χ3n) is 4.38. The molecule has 0 heterocycles. The van der Waals surface area contributed by atoms with Crippen LogP contribution in [0.25, 0.3) is 0 Å². The fourth-order valence-corrected chi connectivity index (χ4v) is 2.30. The maximum atomic E-state index is 12.5. The molecule has 1 aromatic rings. The van der Waals surface area contributed by atoms with Crippen molar-refractivity contribution in [2.24, 2.45) is 5.41 Å². The Morgan fingerprint density at radius 1 is 0.950 bits per heavy atom. The molecule has 3 heteroatoms. The second kappa shape index (κ2) is 5.96. The first-order valence-electron chi connectivity index (χ1n) is 7.08. The van der Waals surface area contributed by atoms with Crippen molar-refractivity contribution in [2.45, 2.75) is 48.5 Å². The number of aliphatic hydroxyl groups excluding tert-OH is 1. The molecular formula is C17H27NO2. The van der Waals surface area contributed by atoms with Gasteiger partial charge in [0.1, 0.15) is 0 Å². The van der Waals surface area contributed by atoms with Crippen molar-refractivity contribution in [3.8, 4) is 0 Å². The van der Waals surface area contributed by atoms with E-state index < -0.39 is 0 Å². The Kier molecular flexibility index (Phi) is 4.98. The molecule has 0 radical (unpaired) electrons. The van der Waals surface area contributed by atoms with Gasteiger partial charge in [-0.25, -0.2) is 0 Å². The van der Waals surface area contributed by atoms with Gasteiger partial charge in [0.15, 0.2) is 0 Å². The van der Waals surface area contributed by atoms with E-state index >= 15 is 0 Å². The second-order valence-electron chi connectivity index (χ2n) is 6.51. The molecule has 3 nitrogen and oxygen atoms in total. The minimum atomic E-state index is -0.299. The van der Waals surface area contributed by atoms with E-state index in [1.165, 1.54) is 16.7 Å². The maximum Gasteiger partial charge on any atom is 0.251 e. The average Bonchev–Trinajstić information content (AvgIpc) is 2.41. The molecule has 0 saturated carbocycles. The lowest BCUT2D eigenvalue weighted by molar-refractivity contribution is 0.0909. The Morgan fingerprint density at radius 2 is 1.35 bits per heavy atom. The molecule has 0 unspecified atom stereocenters. The number of rotatable bonds is 4. The average molecular weight is 277 g/mol. The van der Waals surface area contributed by atoms with E-state index in [1.54, 1.807) is 0 Å². The van der Waals surface area contributed by atoms with Crippen LogP contribution in [0.5, 0.6) is 0 Å². The number of aliphatic hydroxyl groups is 1. The largest absolute Gasteiger partial charge is 0.396 e. The highest BCUT2D eigenvalue weighted by Crippen LogP contribution is 2.26. The molecule has 0 spiro atoms. The monoisotopic (exact) mass is 277 g/mol. The molecule has 0 fully saturated rings. The molecule has 0 bridgehead atoms. The fourth-order valence-electron chi connectivity index (χ4n) is 2.30. The number of benzene rings is 1. The van der Waals surface area contributed by atoms with Gasteiger partial charge in [0, 0.05) is 24.1 Å². The molecule has 0 aromatic heterocycles. The van der Waals surface area contributed by atoms with E-state index in [-0.39, 0.29) is 17.9 Å². The molecule has 1 amide bonds. The van der Waals surface area contributed by atoms with Crippen LogP contribution in [0.1, 0.15) is 52.0 Å². The van der Waals surface area contributed by atoms with E-state index in [1.807, 2.05) is 27.7 Å². The SMILES string of the molecule is Cc1c(C)c(C)c(C(=O)NCC(C)(C)CO)c(C)c1C. The standard InChI is InChI=1S/C17H27NO2/c1-10-11(2)13(4)15(14(5)12(10)3)16(20)18-8-17(6,7)9-19/h19H,8-9H2,1-7H3,(H,18,20). The Morgan fingerprint density at radius 3 is 1.75 bits per heavy atom. The van der Waals surface area contributed by atoms with E-state index in [4.69, 9.17) is 0 Å². The summed E-state index contributed by atoms with van der Waals surface area (Å²) in [7, 11) is 0. The van der Waals surface area contributed by atoms with Crippen LogP contribution in [0.2, 0.25) is 0 Å². The first-order valence-corrected chi connectivity index (χ1v) is 7.08. The number of carbonyl (C=O) groups is 1. The summed E-state index contributed by atoms with van der Waals surface area (Å²) in [5.74, 6) is -0.0484. The van der Waals surface area contributed by atoms with Gasteiger partial charge in [0.05, 0.1) is 0 Å². The van der Waals surface area contributed by atoms with Crippen LogP contribution in [0.15, 0.2) is 0 Å². The van der Waals surface area contributed by atoms with E-state index in [2.05, 4.69) is 26.1 Å². The zero-order valence-electron chi connectivity index (χ0n) is 13.8. The quantitative estimate of drug-likeness (QED) is 0.889. The van der Waals surface area contributed by atoms with Gasteiger partial charge in [-0.05, 0) is 62.4 Å². The minimum Gasteiger partial charge on any atom is -0.396 e. The summed E-state index contributed by atoms with van der Waals surface area (Å²) in [5, 5.41) is 12.2. The number of hydrogen-bond donors (Lipinski definition) is 2. The topological polar surface area (TPSA) is 49.3 Å². The maximum absolute atomic E-state index is 12.5. The summed E-state index contributed by atoms with van der Waals surface area (Å²) >= 11 is 0. The first kappa shape index (κ1) is 16.7. The predicted octanol–water partition coefficient (Wildman–Crippen LogP) is 2.98. The number of nitrogens with one attached hydrogen (secondary N) is 1. The normalized spacial score (nSPS) is 11.6. The van der Waals surface area contributed by atoms with Gasteiger partial charge in [-0.3, -0.25) is 4.79 Å². The van der Waals surface area contributed by atoms with Crippen molar-refractivity contribution < 1.29 is 9.90 Å². The summed E-state index contributed by atoms with van der Waals surface area (Å²) in [6, 6.07) is 0. The van der Waals surface area contributed by atoms with Gasteiger partial charge < -0.3 is 10.4 Å². The van der Waals surface area contributed by atoms with Crippen molar-refractivity contribution in [3.63, 3.8) is 0 Å². The van der Waals surface area contributed by atoms with Gasteiger partial charge in [0.2, 0.25) is 0 Å². The highest BCUT2D eigenvalue weighted by molar-refractivity contribution is 5.98. The predicted molar refractivity (Wildman–Crippen MR) is 83.3 cm³/mol. The lowest BCUT2D eigenvalue weighted by atomic mass is 9.89. The third kappa shape index (κ3) is 3.21. The lowest BCUT2D eigenvalue weighted by Crippen LogP contribution is -2.36. The highest BCUT2D eigenvalue weighted by atomic mass is 16.3. The van der Waals surface area contributed by atoms with Gasteiger partial charge in [0.25, 0.3) is 5.91 Å². The van der Waals surface area contributed by atoms with E-state index in [0.717, 1.165) is 16.7 Å². The molecule has 2 N–H and O–H groups in total. The van der Waals surface area contributed by atoms with Crippen molar-refractivity contribution in [2.75, 3.05) is 13.2 Å². The molecule has 0 saturated heterocycles. The van der Waals surface area contributed by atoms with Gasteiger partial charge in [-0.2, -0.15) is 0 Å². The Labute approximate surface area is 122 Å². The molecule has 0 aliphatic heterocycles. The first-order chi connectivity index (χ1) is 9.12. The van der Waals surface area contributed by atoms with Crippen molar-refractivity contribution in [1.82, 2.24) is 5.32 Å². The number of hydrogen-bond acceptors (Lipinski definition) is 2. The summed E-state index contributed by atoms with van der Waals surface area (Å²) in [4.78, 5) is 12.5. The van der Waals surface area contributed by atoms with E-state index in [9.17, 15) is 9.90 Å². The van der Waals surface area contributed by atoms with Crippen LogP contribution >= 0.6 is 0 Å². The van der Waals surface area contributed by atoms with Gasteiger partial charge in [-0.1, -0.05) is 13.8 Å². The zero-order chi connectivity index (χ0) is 15.7. The molecule has 112 valence electrons. The Bertz CT molecular complexity index is 501. The smallest absolute Gasteiger partial charge is 0.251 e. The van der Waals surface area contributed by atoms with Crippen LogP contribution in [-0.4, -0.2) is 24.2 Å². The van der Waals surface area contributed by atoms with Crippen molar-refractivity contribution in [1.29, 1.82) is 0 Å². The molecule has 0 aliphatic rings. The van der Waals surface area contributed by atoms with Gasteiger partial charge >= 0.3 is 0 Å². The Hall–Kier alpha value is -1.35. The van der Waals surface area contributed by atoms with Crippen LogP contribution in [0.4, 0.5) is 0 Å². The van der Waals surface area contributed by atoms with Crippen molar-refractivity contribution in [3.05, 3.63) is 33.4 Å². The van der Waals surface area contributed by atoms with E-state index in [0.29, 0.717) is 6.54 Å². The summed E-state index contributed by atoms with van der Waals surface area (Å²) in [6.45, 7) is 14.6.